The van der Waals surface area contributed by atoms with Crippen molar-refractivity contribution in [1.29, 1.82) is 0 Å². The van der Waals surface area contributed by atoms with Gasteiger partial charge in [-0.25, -0.2) is 0 Å². The number of amides is 11. The lowest BCUT2D eigenvalue weighted by Crippen LogP contribution is -2.59. The number of hydrogen-bond acceptors (Lipinski definition) is 16. The van der Waals surface area contributed by atoms with Crippen LogP contribution in [-0.2, 0) is 57.5 Å². The summed E-state index contributed by atoms with van der Waals surface area (Å²) >= 11 is 0. The van der Waals surface area contributed by atoms with Crippen molar-refractivity contribution >= 4 is 70.9 Å². The summed E-state index contributed by atoms with van der Waals surface area (Å²) in [5, 5.41) is 61.8. The number of carboxylic acid groups (broad SMARTS) is 1. The Morgan fingerprint density at radius 1 is 0.295 bits per heavy atom. The van der Waals surface area contributed by atoms with Crippen LogP contribution in [0.1, 0.15) is 62.3 Å². The Morgan fingerprint density at radius 2 is 0.459 bits per heavy atom. The van der Waals surface area contributed by atoms with E-state index in [2.05, 4.69) is 37.2 Å². The fourth-order valence-corrected chi connectivity index (χ4v) is 4.07. The Morgan fingerprint density at radius 3 is 0.656 bits per heavy atom. The van der Waals surface area contributed by atoms with Gasteiger partial charge < -0.3 is 84.6 Å². The normalized spacial score (nSPS) is 16.7. The van der Waals surface area contributed by atoms with Crippen LogP contribution in [0, 0.1) is 0 Å². The number of aliphatic hydroxyl groups is 3. The SMILES string of the molecule is C[C@H](N)C(=O)N[C@@H](C)C(=O)N[C@@H](O)C(=O)N[C@@H](C)C(=O)N[C@@H](C)C(=O)N[C@@H](C)C(=O)N[C@@H](O)C(=O)N[C@@H](C)C(=O)N[C@@H](C)C(=O)N[C@@H](C)C(=O)N[C@@H](O)C(=O)N[C@@H](C)C(=O)O. The molecular weight excluding hydrogens is 820 g/mol. The molecule has 0 saturated carbocycles. The van der Waals surface area contributed by atoms with E-state index in [1.165, 1.54) is 41.5 Å². The Bertz CT molecular complexity index is 1680. The average molecular weight is 877 g/mol. The molecule has 0 aromatic heterocycles. The zero-order valence-corrected chi connectivity index (χ0v) is 34.7. The summed E-state index contributed by atoms with van der Waals surface area (Å²) in [6.45, 7) is 10.8. The summed E-state index contributed by atoms with van der Waals surface area (Å²) in [5.74, 6) is -12.7. The highest BCUT2D eigenvalue weighted by molar-refractivity contribution is 5.98. The molecular formula is C33H56N12O16. The zero-order chi connectivity index (χ0) is 47.6. The Balaban J connectivity index is 4.91. The molecule has 0 aliphatic carbocycles. The van der Waals surface area contributed by atoms with Gasteiger partial charge in [0.1, 0.15) is 48.3 Å². The van der Waals surface area contributed by atoms with E-state index >= 15 is 0 Å². The molecule has 0 radical (unpaired) electrons. The van der Waals surface area contributed by atoms with Crippen molar-refractivity contribution in [3.8, 4) is 0 Å². The first-order valence-corrected chi connectivity index (χ1v) is 18.4. The third-order valence-corrected chi connectivity index (χ3v) is 7.99. The molecule has 0 aromatic rings. The molecule has 12 atom stereocenters. The highest BCUT2D eigenvalue weighted by Crippen LogP contribution is 1.96. The molecule has 0 spiro atoms. The van der Waals surface area contributed by atoms with Gasteiger partial charge in [-0.15, -0.1) is 0 Å². The Kier molecular flexibility index (Phi) is 22.5. The van der Waals surface area contributed by atoms with Gasteiger partial charge >= 0.3 is 5.97 Å². The highest BCUT2D eigenvalue weighted by Gasteiger charge is 2.31. The summed E-state index contributed by atoms with van der Waals surface area (Å²) in [6, 6.07) is -11.7. The van der Waals surface area contributed by atoms with Gasteiger partial charge in [0.25, 0.3) is 17.7 Å². The molecule has 0 aliphatic heterocycles. The van der Waals surface area contributed by atoms with E-state index in [0.29, 0.717) is 0 Å². The van der Waals surface area contributed by atoms with Crippen molar-refractivity contribution in [2.24, 2.45) is 5.73 Å². The van der Waals surface area contributed by atoms with Crippen molar-refractivity contribution in [2.45, 2.75) is 135 Å². The third-order valence-electron chi connectivity index (χ3n) is 7.99. The molecule has 28 heteroatoms. The fraction of sp³-hybridized carbons (Fsp3) is 0.636. The standard InChI is InChI=1S/C33H56N12O16/c1-10(34)19(46)35-15(6)24(51)43-30(57)27(54)40-13(4)22(49)36-11(2)20(47)38-16(7)25(52)44-31(58)28(55)41-14(5)23(50)37-12(3)21(48)39-17(8)26(53)45-32(59)29(56)42-18(9)33(60)61/h10-18,30-32,57-59H,34H2,1-9H3,(H,35,46)(H,36,49)(H,37,50)(H,38,47)(H,39,48)(H,40,54)(H,41,55)(H,42,56)(H,43,51)(H,44,52)(H,45,53)(H,60,61)/t10-,11-,12-,13-,14-,15-,16-,17-,18-,30-,31-,32-/m0/s1. The molecule has 0 fully saturated rings. The van der Waals surface area contributed by atoms with Crippen LogP contribution in [0.5, 0.6) is 0 Å². The van der Waals surface area contributed by atoms with Gasteiger partial charge in [0.2, 0.25) is 65.9 Å². The van der Waals surface area contributed by atoms with Crippen LogP contribution in [0.15, 0.2) is 0 Å². The number of carboxylic acids is 1. The van der Waals surface area contributed by atoms with E-state index in [0.717, 1.165) is 20.8 Å². The minimum atomic E-state index is -2.26. The van der Waals surface area contributed by atoms with Crippen molar-refractivity contribution in [2.75, 3.05) is 0 Å². The third kappa shape index (κ3) is 19.4. The van der Waals surface area contributed by atoms with Crippen LogP contribution in [0.2, 0.25) is 0 Å². The minimum absolute atomic E-state index is 0.669. The van der Waals surface area contributed by atoms with E-state index in [4.69, 9.17) is 10.8 Å². The monoisotopic (exact) mass is 876 g/mol. The van der Waals surface area contributed by atoms with Crippen LogP contribution in [0.25, 0.3) is 0 Å². The first kappa shape index (κ1) is 54.5. The molecule has 28 nitrogen and oxygen atoms in total. The highest BCUT2D eigenvalue weighted by atomic mass is 16.4. The lowest BCUT2D eigenvalue weighted by molar-refractivity contribution is -0.144. The summed E-state index contributed by atoms with van der Waals surface area (Å²) in [5.41, 5.74) is 5.40. The maximum Gasteiger partial charge on any atom is 0.325 e. The van der Waals surface area contributed by atoms with Crippen LogP contribution in [-0.4, -0.2) is 164 Å². The molecule has 61 heavy (non-hydrogen) atoms. The van der Waals surface area contributed by atoms with Gasteiger partial charge in [0.05, 0.1) is 6.04 Å². The zero-order valence-electron chi connectivity index (χ0n) is 34.7. The van der Waals surface area contributed by atoms with E-state index < -0.39 is 144 Å². The fourth-order valence-electron chi connectivity index (χ4n) is 4.07. The summed E-state index contributed by atoms with van der Waals surface area (Å²) in [7, 11) is 0. The first-order chi connectivity index (χ1) is 28.0. The summed E-state index contributed by atoms with van der Waals surface area (Å²) in [4.78, 5) is 146. The van der Waals surface area contributed by atoms with E-state index in [9.17, 15) is 72.9 Å². The number of aliphatic carboxylic acids is 1. The first-order valence-electron chi connectivity index (χ1n) is 18.4. The van der Waals surface area contributed by atoms with Crippen LogP contribution in [0.4, 0.5) is 0 Å². The molecule has 0 aromatic carbocycles. The largest absolute Gasteiger partial charge is 0.480 e. The van der Waals surface area contributed by atoms with Gasteiger partial charge in [-0.2, -0.15) is 0 Å². The molecule has 344 valence electrons. The lowest BCUT2D eigenvalue weighted by atomic mass is 10.2. The molecule has 17 N–H and O–H groups in total. The van der Waals surface area contributed by atoms with Gasteiger partial charge in [-0.05, 0) is 62.3 Å². The molecule has 0 bridgehead atoms. The number of rotatable bonds is 23. The quantitative estimate of drug-likeness (QED) is 0.0424. The summed E-state index contributed by atoms with van der Waals surface area (Å²) < 4.78 is 0. The summed E-state index contributed by atoms with van der Waals surface area (Å²) in [6.07, 6.45) is -6.55. The second kappa shape index (κ2) is 25.2. The number of carbonyl (C=O) groups excluding carboxylic acids is 11. The molecule has 0 aliphatic rings. The number of aliphatic hydroxyl groups excluding tert-OH is 3. The number of carbonyl (C=O) groups is 12. The van der Waals surface area contributed by atoms with E-state index in [1.807, 2.05) is 21.3 Å². The van der Waals surface area contributed by atoms with E-state index in [1.54, 1.807) is 0 Å². The van der Waals surface area contributed by atoms with Crippen molar-refractivity contribution < 1.29 is 78.0 Å². The predicted octanol–water partition coefficient (Wildman–Crippen LogP) is -9.24. The second-order valence-corrected chi connectivity index (χ2v) is 13.7. The maximum absolute atomic E-state index is 12.6. The van der Waals surface area contributed by atoms with Crippen LogP contribution in [0.3, 0.4) is 0 Å². The smallest absolute Gasteiger partial charge is 0.325 e. The molecule has 0 unspecified atom stereocenters. The number of nitrogens with two attached hydrogens (primary N) is 1. The van der Waals surface area contributed by atoms with Gasteiger partial charge in [0, 0.05) is 0 Å². The predicted molar refractivity (Wildman–Crippen MR) is 205 cm³/mol. The van der Waals surface area contributed by atoms with Gasteiger partial charge in [-0.1, -0.05) is 0 Å². The number of nitrogens with one attached hydrogen (secondary N) is 11. The second-order valence-electron chi connectivity index (χ2n) is 13.7. The van der Waals surface area contributed by atoms with E-state index in [-0.39, 0.29) is 0 Å². The van der Waals surface area contributed by atoms with Crippen LogP contribution < -0.4 is 64.2 Å². The van der Waals surface area contributed by atoms with Crippen LogP contribution >= 0.6 is 0 Å². The van der Waals surface area contributed by atoms with Crippen molar-refractivity contribution in [3.63, 3.8) is 0 Å². The Hall–Kier alpha value is -6.52. The average Bonchev–Trinajstić information content (AvgIpc) is 3.16. The Labute approximate surface area is 348 Å². The minimum Gasteiger partial charge on any atom is -0.480 e. The topological polar surface area (TPSA) is 444 Å². The van der Waals surface area contributed by atoms with Crippen molar-refractivity contribution in [1.82, 2.24) is 58.5 Å². The lowest BCUT2D eigenvalue weighted by Gasteiger charge is -2.23. The maximum atomic E-state index is 12.6. The van der Waals surface area contributed by atoms with Gasteiger partial charge in [-0.3, -0.25) is 57.5 Å². The molecule has 0 heterocycles. The molecule has 0 saturated heterocycles. The number of hydrogen-bond donors (Lipinski definition) is 16. The van der Waals surface area contributed by atoms with Gasteiger partial charge in [0.15, 0.2) is 0 Å². The van der Waals surface area contributed by atoms with Crippen molar-refractivity contribution in [3.05, 3.63) is 0 Å². The molecule has 11 amide bonds. The molecule has 0 rings (SSSR count).